The minimum absolute atomic E-state index is 0.00266. The van der Waals surface area contributed by atoms with Gasteiger partial charge in [0, 0.05) is 28.7 Å². The summed E-state index contributed by atoms with van der Waals surface area (Å²) in [7, 11) is 0. The van der Waals surface area contributed by atoms with Crippen LogP contribution in [0.3, 0.4) is 0 Å². The topological polar surface area (TPSA) is 116 Å². The molecule has 0 radical (unpaired) electrons. The van der Waals surface area contributed by atoms with Crippen LogP contribution in [0.1, 0.15) is 58.0 Å². The van der Waals surface area contributed by atoms with Crippen LogP contribution in [0.4, 0.5) is 0 Å². The number of nitrogens with one attached hydrogen (secondary N) is 2. The predicted molar refractivity (Wildman–Crippen MR) is 110 cm³/mol. The molecule has 28 heavy (non-hydrogen) atoms. The minimum Gasteiger partial charge on any atom is -0.424 e. The molecule has 0 bridgehead atoms. The third kappa shape index (κ3) is 4.28. The van der Waals surface area contributed by atoms with Crippen molar-refractivity contribution in [2.24, 2.45) is 5.73 Å². The summed E-state index contributed by atoms with van der Waals surface area (Å²) in [4.78, 5) is 19.7. The highest BCUT2D eigenvalue weighted by Crippen LogP contribution is 2.35. The summed E-state index contributed by atoms with van der Waals surface area (Å²) < 4.78 is 5.21. The summed E-state index contributed by atoms with van der Waals surface area (Å²) >= 11 is 1.59. The molecule has 1 unspecified atom stereocenters. The van der Waals surface area contributed by atoms with E-state index in [9.17, 15) is 4.79 Å². The number of amides is 1. The molecule has 1 amide bonds. The monoisotopic (exact) mass is 399 g/mol. The SMILES string of the molecule is Cc1cc(C(=N)OC(=N)C(C)N)cc(C(=O)N2CCC[C@@H]2c2nc(C)cs2)c1. The van der Waals surface area contributed by atoms with Crippen LogP contribution < -0.4 is 5.73 Å². The third-order valence-corrected chi connectivity index (χ3v) is 5.71. The number of hydrogen-bond acceptors (Lipinski definition) is 7. The van der Waals surface area contributed by atoms with Crippen LogP contribution in [-0.4, -0.2) is 40.2 Å². The van der Waals surface area contributed by atoms with E-state index in [1.807, 2.05) is 30.2 Å². The van der Waals surface area contributed by atoms with E-state index in [4.69, 9.17) is 21.3 Å². The second-order valence-corrected chi connectivity index (χ2v) is 8.05. The molecule has 1 aliphatic rings. The number of nitrogens with zero attached hydrogens (tertiary/aromatic N) is 2. The molecule has 2 heterocycles. The van der Waals surface area contributed by atoms with Crippen LogP contribution in [0.2, 0.25) is 0 Å². The summed E-state index contributed by atoms with van der Waals surface area (Å²) in [6.07, 6.45) is 1.85. The highest BCUT2D eigenvalue weighted by Gasteiger charge is 2.32. The van der Waals surface area contributed by atoms with Gasteiger partial charge in [0.25, 0.3) is 5.91 Å². The first-order valence-electron chi connectivity index (χ1n) is 9.21. The third-order valence-electron chi connectivity index (χ3n) is 4.65. The highest BCUT2D eigenvalue weighted by atomic mass is 32.1. The number of carbonyl (C=O) groups is 1. The molecular weight excluding hydrogens is 374 g/mol. The molecule has 148 valence electrons. The Morgan fingerprint density at radius 2 is 2.04 bits per heavy atom. The Bertz CT molecular complexity index is 921. The zero-order valence-corrected chi connectivity index (χ0v) is 17.1. The largest absolute Gasteiger partial charge is 0.424 e. The van der Waals surface area contributed by atoms with E-state index in [2.05, 4.69) is 4.98 Å². The van der Waals surface area contributed by atoms with Gasteiger partial charge in [0.2, 0.25) is 11.8 Å². The van der Waals surface area contributed by atoms with E-state index in [1.54, 1.807) is 30.4 Å². The first-order chi connectivity index (χ1) is 13.3. The van der Waals surface area contributed by atoms with E-state index in [0.717, 1.165) is 29.1 Å². The molecule has 2 atom stereocenters. The fraction of sp³-hybridized carbons (Fsp3) is 0.400. The van der Waals surface area contributed by atoms with Crippen LogP contribution in [-0.2, 0) is 4.74 Å². The van der Waals surface area contributed by atoms with Crippen LogP contribution in [0.25, 0.3) is 0 Å². The van der Waals surface area contributed by atoms with Gasteiger partial charge in [-0.3, -0.25) is 15.6 Å². The predicted octanol–water partition coefficient (Wildman–Crippen LogP) is 3.40. The number of nitrogens with two attached hydrogens (primary N) is 1. The van der Waals surface area contributed by atoms with Crippen molar-refractivity contribution in [1.82, 2.24) is 9.88 Å². The van der Waals surface area contributed by atoms with Crippen LogP contribution in [0, 0.1) is 24.7 Å². The fourth-order valence-corrected chi connectivity index (χ4v) is 4.20. The number of rotatable bonds is 4. The average Bonchev–Trinajstić information content (AvgIpc) is 3.28. The van der Waals surface area contributed by atoms with Crippen molar-refractivity contribution >= 4 is 29.0 Å². The summed E-state index contributed by atoms with van der Waals surface area (Å²) in [5, 5.41) is 18.8. The lowest BCUT2D eigenvalue weighted by Gasteiger charge is -2.23. The van der Waals surface area contributed by atoms with E-state index in [1.165, 1.54) is 0 Å². The van der Waals surface area contributed by atoms with Crippen molar-refractivity contribution in [3.63, 3.8) is 0 Å². The molecule has 8 heteroatoms. The molecule has 3 rings (SSSR count). The zero-order chi connectivity index (χ0) is 20.4. The number of aromatic nitrogens is 1. The van der Waals surface area contributed by atoms with E-state index < -0.39 is 6.04 Å². The highest BCUT2D eigenvalue weighted by molar-refractivity contribution is 7.09. The molecular formula is C20H25N5O2S. The molecule has 1 saturated heterocycles. The van der Waals surface area contributed by atoms with Crippen LogP contribution >= 0.6 is 11.3 Å². The maximum Gasteiger partial charge on any atom is 0.254 e. The summed E-state index contributed by atoms with van der Waals surface area (Å²) in [6.45, 7) is 6.14. The van der Waals surface area contributed by atoms with Gasteiger partial charge >= 0.3 is 0 Å². The van der Waals surface area contributed by atoms with Crippen molar-refractivity contribution in [3.05, 3.63) is 51.0 Å². The molecule has 1 aromatic heterocycles. The maximum atomic E-state index is 13.2. The number of benzene rings is 1. The van der Waals surface area contributed by atoms with Crippen molar-refractivity contribution in [2.75, 3.05) is 6.54 Å². The number of thiazole rings is 1. The Morgan fingerprint density at radius 3 is 2.68 bits per heavy atom. The molecule has 4 N–H and O–H groups in total. The Kier molecular flexibility index (Phi) is 5.90. The van der Waals surface area contributed by atoms with Gasteiger partial charge < -0.3 is 15.4 Å². The van der Waals surface area contributed by atoms with Gasteiger partial charge in [0.15, 0.2) is 0 Å². The molecule has 0 saturated carbocycles. The van der Waals surface area contributed by atoms with Gasteiger partial charge in [0.1, 0.15) is 5.01 Å². The second-order valence-electron chi connectivity index (χ2n) is 7.16. The Hall–Kier alpha value is -2.58. The van der Waals surface area contributed by atoms with E-state index in [0.29, 0.717) is 17.7 Å². The van der Waals surface area contributed by atoms with Crippen molar-refractivity contribution in [1.29, 1.82) is 10.8 Å². The minimum atomic E-state index is -0.599. The number of carbonyl (C=O) groups excluding carboxylic acids is 1. The average molecular weight is 400 g/mol. The van der Waals surface area contributed by atoms with Gasteiger partial charge in [-0.15, -0.1) is 11.3 Å². The number of ether oxygens (including phenoxy) is 1. The summed E-state index contributed by atoms with van der Waals surface area (Å²) in [6, 6.07) is 4.63. The lowest BCUT2D eigenvalue weighted by molar-refractivity contribution is 0.0735. The molecule has 2 aromatic rings. The smallest absolute Gasteiger partial charge is 0.254 e. The quantitative estimate of drug-likeness (QED) is 0.539. The number of hydrogen-bond donors (Lipinski definition) is 3. The van der Waals surface area contributed by atoms with Crippen molar-refractivity contribution in [3.8, 4) is 0 Å². The molecule has 0 aliphatic carbocycles. The van der Waals surface area contributed by atoms with E-state index >= 15 is 0 Å². The lowest BCUT2D eigenvalue weighted by Crippen LogP contribution is -2.31. The van der Waals surface area contributed by atoms with Gasteiger partial charge in [-0.05, 0) is 57.4 Å². The second kappa shape index (κ2) is 8.20. The maximum absolute atomic E-state index is 13.2. The Labute approximate surface area is 168 Å². The lowest BCUT2D eigenvalue weighted by atomic mass is 10.0. The molecule has 7 nitrogen and oxygen atoms in total. The van der Waals surface area contributed by atoms with Gasteiger partial charge in [-0.25, -0.2) is 4.98 Å². The Morgan fingerprint density at radius 1 is 1.32 bits per heavy atom. The van der Waals surface area contributed by atoms with Gasteiger partial charge in [-0.1, -0.05) is 0 Å². The first kappa shape index (κ1) is 20.2. The molecule has 1 aromatic carbocycles. The van der Waals surface area contributed by atoms with Crippen molar-refractivity contribution < 1.29 is 9.53 Å². The standard InChI is InChI=1S/C20H25N5O2S/c1-11-7-14(18(23)27-17(22)13(3)21)9-15(8-11)20(26)25-6-4-5-16(25)19-24-12(2)10-28-19/h7-10,13,16,22-23H,4-6,21H2,1-3H3/t13?,16-/m1/s1. The zero-order valence-electron chi connectivity index (χ0n) is 16.3. The van der Waals surface area contributed by atoms with Crippen LogP contribution in [0.15, 0.2) is 23.6 Å². The van der Waals surface area contributed by atoms with E-state index in [-0.39, 0.29) is 23.7 Å². The molecule has 1 aliphatic heterocycles. The Balaban J connectivity index is 1.84. The summed E-state index contributed by atoms with van der Waals surface area (Å²) in [5.41, 5.74) is 8.40. The fourth-order valence-electron chi connectivity index (χ4n) is 3.26. The van der Waals surface area contributed by atoms with Gasteiger partial charge in [-0.2, -0.15) is 0 Å². The number of aryl methyl sites for hydroxylation is 2. The molecule has 1 fully saturated rings. The van der Waals surface area contributed by atoms with Crippen LogP contribution in [0.5, 0.6) is 0 Å². The summed E-state index contributed by atoms with van der Waals surface area (Å²) in [5.74, 6) is -0.443. The van der Waals surface area contributed by atoms with Gasteiger partial charge in [0.05, 0.1) is 12.1 Å². The first-order valence-corrected chi connectivity index (χ1v) is 10.1. The van der Waals surface area contributed by atoms with Crippen molar-refractivity contribution in [2.45, 2.75) is 45.7 Å². The molecule has 0 spiro atoms. The number of likely N-dealkylation sites (tertiary alicyclic amines) is 1. The normalized spacial score (nSPS) is 17.4.